The van der Waals surface area contributed by atoms with Crippen molar-refractivity contribution < 1.29 is 8.42 Å². The zero-order chi connectivity index (χ0) is 11.7. The molecule has 0 aromatic carbocycles. The number of nitrogens with zero attached hydrogens (tertiary/aromatic N) is 1. The zero-order valence-corrected chi connectivity index (χ0v) is 10.9. The quantitative estimate of drug-likeness (QED) is 0.763. The Labute approximate surface area is 93.1 Å². The van der Waals surface area contributed by atoms with Gasteiger partial charge in [0.1, 0.15) is 0 Å². The summed E-state index contributed by atoms with van der Waals surface area (Å²) in [6.45, 7) is 9.83. The molecule has 90 valence electrons. The molecule has 0 radical (unpaired) electrons. The molecule has 0 bridgehead atoms. The molecule has 1 N–H and O–H groups in total. The van der Waals surface area contributed by atoms with Gasteiger partial charge in [0.15, 0.2) is 0 Å². The molecule has 0 saturated carbocycles. The van der Waals surface area contributed by atoms with Crippen LogP contribution in [0.15, 0.2) is 0 Å². The van der Waals surface area contributed by atoms with Crippen LogP contribution in [0.3, 0.4) is 0 Å². The van der Waals surface area contributed by atoms with Gasteiger partial charge in [-0.1, -0.05) is 20.8 Å². The first kappa shape index (κ1) is 12.9. The Morgan fingerprint density at radius 3 is 2.47 bits per heavy atom. The second kappa shape index (κ2) is 4.39. The normalized spacial score (nSPS) is 25.5. The molecule has 1 aliphatic heterocycles. The van der Waals surface area contributed by atoms with Crippen molar-refractivity contribution in [3.63, 3.8) is 0 Å². The van der Waals surface area contributed by atoms with Crippen molar-refractivity contribution in [1.82, 2.24) is 9.62 Å². The summed E-state index contributed by atoms with van der Waals surface area (Å²) in [5, 5.41) is 3.24. The molecule has 15 heavy (non-hydrogen) atoms. The fourth-order valence-electron chi connectivity index (χ4n) is 1.79. The van der Waals surface area contributed by atoms with E-state index in [0.29, 0.717) is 13.1 Å². The molecule has 0 spiro atoms. The molecule has 1 unspecified atom stereocenters. The highest BCUT2D eigenvalue weighted by atomic mass is 32.2. The van der Waals surface area contributed by atoms with Gasteiger partial charge < -0.3 is 5.32 Å². The van der Waals surface area contributed by atoms with E-state index in [0.717, 1.165) is 6.54 Å². The van der Waals surface area contributed by atoms with Crippen molar-refractivity contribution in [3.8, 4) is 0 Å². The number of sulfonamides is 1. The first-order valence-electron chi connectivity index (χ1n) is 5.42. The molecule has 1 fully saturated rings. The van der Waals surface area contributed by atoms with E-state index in [4.69, 9.17) is 0 Å². The van der Waals surface area contributed by atoms with E-state index in [1.54, 1.807) is 4.31 Å². The number of hydrogen-bond donors (Lipinski definition) is 1. The van der Waals surface area contributed by atoms with Crippen molar-refractivity contribution in [3.05, 3.63) is 0 Å². The van der Waals surface area contributed by atoms with Crippen molar-refractivity contribution in [2.45, 2.75) is 33.7 Å². The van der Waals surface area contributed by atoms with E-state index in [1.807, 2.05) is 27.7 Å². The smallest absolute Gasteiger partial charge is 0.214 e. The third kappa shape index (κ3) is 4.09. The molecule has 1 atom stereocenters. The van der Waals surface area contributed by atoms with Crippen molar-refractivity contribution in [2.75, 3.05) is 25.4 Å². The van der Waals surface area contributed by atoms with Gasteiger partial charge in [-0.2, -0.15) is 4.31 Å². The van der Waals surface area contributed by atoms with Gasteiger partial charge in [-0.15, -0.1) is 0 Å². The van der Waals surface area contributed by atoms with Gasteiger partial charge in [-0.05, 0) is 12.3 Å². The topological polar surface area (TPSA) is 49.4 Å². The summed E-state index contributed by atoms with van der Waals surface area (Å²) in [7, 11) is -3.08. The minimum Gasteiger partial charge on any atom is -0.312 e. The Morgan fingerprint density at radius 2 is 2.00 bits per heavy atom. The third-order valence-corrected chi connectivity index (χ3v) is 4.69. The Hall–Kier alpha value is -0.130. The minimum absolute atomic E-state index is 0.174. The fraction of sp³-hybridized carbons (Fsp3) is 1.00. The molecule has 1 aliphatic rings. The van der Waals surface area contributed by atoms with E-state index in [9.17, 15) is 8.42 Å². The maximum absolute atomic E-state index is 12.0. The molecule has 1 heterocycles. The maximum atomic E-state index is 12.0. The average Bonchev–Trinajstić information content (AvgIpc) is 1.99. The standard InChI is InChI=1S/C10H22N2O2S/c1-9-7-12(6-5-11-9)15(13,14)8-10(2,3)4/h9,11H,5-8H2,1-4H3. The highest BCUT2D eigenvalue weighted by Crippen LogP contribution is 2.19. The Balaban J connectivity index is 2.69. The van der Waals surface area contributed by atoms with Crippen LogP contribution in [-0.4, -0.2) is 44.2 Å². The van der Waals surface area contributed by atoms with Crippen LogP contribution < -0.4 is 5.32 Å². The van der Waals surface area contributed by atoms with E-state index < -0.39 is 10.0 Å². The molecule has 5 heteroatoms. The number of nitrogens with one attached hydrogen (secondary N) is 1. The highest BCUT2D eigenvalue weighted by molar-refractivity contribution is 7.89. The Kier molecular flexibility index (Phi) is 3.79. The van der Waals surface area contributed by atoms with E-state index >= 15 is 0 Å². The van der Waals surface area contributed by atoms with Gasteiger partial charge >= 0.3 is 0 Å². The van der Waals surface area contributed by atoms with Crippen LogP contribution in [0.2, 0.25) is 0 Å². The lowest BCUT2D eigenvalue weighted by molar-refractivity contribution is 0.304. The maximum Gasteiger partial charge on any atom is 0.214 e. The van der Waals surface area contributed by atoms with E-state index in [1.165, 1.54) is 0 Å². The lowest BCUT2D eigenvalue weighted by Gasteiger charge is -2.33. The molecule has 0 amide bonds. The van der Waals surface area contributed by atoms with Gasteiger partial charge in [0.2, 0.25) is 10.0 Å². The molecule has 4 nitrogen and oxygen atoms in total. The van der Waals surface area contributed by atoms with Crippen LogP contribution in [0.25, 0.3) is 0 Å². The largest absolute Gasteiger partial charge is 0.312 e. The highest BCUT2D eigenvalue weighted by Gasteiger charge is 2.30. The van der Waals surface area contributed by atoms with Gasteiger partial charge in [-0.3, -0.25) is 0 Å². The van der Waals surface area contributed by atoms with Crippen LogP contribution in [0.4, 0.5) is 0 Å². The molecule has 0 aromatic heterocycles. The first-order chi connectivity index (χ1) is 6.71. The van der Waals surface area contributed by atoms with Crippen molar-refractivity contribution >= 4 is 10.0 Å². The van der Waals surface area contributed by atoms with Crippen molar-refractivity contribution in [2.24, 2.45) is 5.41 Å². The molecule has 1 saturated heterocycles. The zero-order valence-electron chi connectivity index (χ0n) is 10.1. The van der Waals surface area contributed by atoms with Crippen LogP contribution in [-0.2, 0) is 10.0 Å². The summed E-state index contributed by atoms with van der Waals surface area (Å²) < 4.78 is 25.7. The van der Waals surface area contributed by atoms with Gasteiger partial charge in [0, 0.05) is 25.7 Å². The fourth-order valence-corrected chi connectivity index (χ4v) is 3.89. The lowest BCUT2D eigenvalue weighted by atomic mass is 10.0. The monoisotopic (exact) mass is 234 g/mol. The number of piperazine rings is 1. The molecular weight excluding hydrogens is 212 g/mol. The summed E-state index contributed by atoms with van der Waals surface area (Å²) in [6, 6.07) is 0.258. The SMILES string of the molecule is CC1CN(S(=O)(=O)CC(C)(C)C)CCN1. The summed E-state index contributed by atoms with van der Waals surface area (Å²) in [6.07, 6.45) is 0. The van der Waals surface area contributed by atoms with E-state index in [-0.39, 0.29) is 17.2 Å². The van der Waals surface area contributed by atoms with Crippen LogP contribution in [0.5, 0.6) is 0 Å². The Morgan fingerprint density at radius 1 is 1.40 bits per heavy atom. The summed E-state index contributed by atoms with van der Waals surface area (Å²) in [5.41, 5.74) is -0.174. The van der Waals surface area contributed by atoms with Gasteiger partial charge in [-0.25, -0.2) is 8.42 Å². The number of hydrogen-bond acceptors (Lipinski definition) is 3. The predicted octanol–water partition coefficient (Wildman–Crippen LogP) is 0.656. The van der Waals surface area contributed by atoms with Crippen LogP contribution in [0.1, 0.15) is 27.7 Å². The van der Waals surface area contributed by atoms with E-state index in [2.05, 4.69) is 5.32 Å². The van der Waals surface area contributed by atoms with Gasteiger partial charge in [0.25, 0.3) is 0 Å². The first-order valence-corrected chi connectivity index (χ1v) is 7.03. The number of rotatable bonds is 2. The van der Waals surface area contributed by atoms with Gasteiger partial charge in [0.05, 0.1) is 5.75 Å². The summed E-state index contributed by atoms with van der Waals surface area (Å²) >= 11 is 0. The molecular formula is C10H22N2O2S. The third-order valence-electron chi connectivity index (χ3n) is 2.34. The second-order valence-corrected chi connectivity index (χ2v) is 7.50. The lowest BCUT2D eigenvalue weighted by Crippen LogP contribution is -2.52. The Bertz CT molecular complexity index is 306. The van der Waals surface area contributed by atoms with Crippen LogP contribution in [0, 0.1) is 5.41 Å². The minimum atomic E-state index is -3.08. The predicted molar refractivity (Wildman–Crippen MR) is 62.3 cm³/mol. The van der Waals surface area contributed by atoms with Crippen molar-refractivity contribution in [1.29, 1.82) is 0 Å². The summed E-state index contributed by atoms with van der Waals surface area (Å²) in [5.74, 6) is 0.229. The molecule has 0 aliphatic carbocycles. The molecule has 0 aromatic rings. The summed E-state index contributed by atoms with van der Waals surface area (Å²) in [4.78, 5) is 0. The molecule has 1 rings (SSSR count). The van der Waals surface area contributed by atoms with Crippen LogP contribution >= 0.6 is 0 Å². The second-order valence-electron chi connectivity index (χ2n) is 5.53. The average molecular weight is 234 g/mol.